The summed E-state index contributed by atoms with van der Waals surface area (Å²) in [6, 6.07) is 74.4. The number of anilines is 3. The van der Waals surface area contributed by atoms with Gasteiger partial charge in [0, 0.05) is 17.1 Å². The van der Waals surface area contributed by atoms with Crippen molar-refractivity contribution < 1.29 is 0 Å². The van der Waals surface area contributed by atoms with Gasteiger partial charge in [0.15, 0.2) is 0 Å². The Hall–Kier alpha value is -7.22. The fraction of sp³-hybridized carbons (Fsp3) is 0.129. The van der Waals surface area contributed by atoms with E-state index >= 15 is 0 Å². The number of fused-ring (bicyclic) bond motifs is 8. The van der Waals surface area contributed by atoms with Crippen LogP contribution in [-0.4, -0.2) is 0 Å². The molecule has 12 rings (SSSR count). The number of rotatable bonds is 7. The molecule has 0 fully saturated rings. The van der Waals surface area contributed by atoms with E-state index in [2.05, 4.69) is 205 Å². The van der Waals surface area contributed by atoms with Crippen LogP contribution in [0.2, 0.25) is 0 Å². The lowest BCUT2D eigenvalue weighted by Gasteiger charge is -2.32. The second-order valence-electron chi connectivity index (χ2n) is 17.6. The molecule has 1 heteroatoms. The van der Waals surface area contributed by atoms with Gasteiger partial charge >= 0.3 is 0 Å². The summed E-state index contributed by atoms with van der Waals surface area (Å²) in [5.41, 5.74) is 20.6. The van der Waals surface area contributed by atoms with E-state index in [0.717, 1.165) is 29.9 Å². The zero-order chi connectivity index (χ0) is 41.7. The van der Waals surface area contributed by atoms with Gasteiger partial charge in [0.05, 0.1) is 0 Å². The molecular formula is C62H49N. The van der Waals surface area contributed by atoms with Crippen LogP contribution < -0.4 is 4.90 Å². The second-order valence-corrected chi connectivity index (χ2v) is 17.6. The first-order valence-electron chi connectivity index (χ1n) is 23.0. The highest BCUT2D eigenvalue weighted by atomic mass is 15.1. The Balaban J connectivity index is 1.02. The molecular weight excluding hydrogens is 759 g/mol. The van der Waals surface area contributed by atoms with Gasteiger partial charge in [-0.25, -0.2) is 0 Å². The Bertz CT molecular complexity index is 3150. The molecule has 0 heterocycles. The molecule has 0 saturated carbocycles. The molecule has 10 aromatic carbocycles. The first-order chi connectivity index (χ1) is 31.3. The molecule has 0 amide bonds. The lowest BCUT2D eigenvalue weighted by Crippen LogP contribution is -2.15. The third kappa shape index (κ3) is 6.62. The molecule has 1 nitrogen and oxygen atoms in total. The van der Waals surface area contributed by atoms with Gasteiger partial charge in [-0.3, -0.25) is 0 Å². The predicted octanol–water partition coefficient (Wildman–Crippen LogP) is 17.0. The van der Waals surface area contributed by atoms with Crippen molar-refractivity contribution in [2.24, 2.45) is 0 Å². The Morgan fingerprint density at radius 3 is 1.05 bits per heavy atom. The average Bonchev–Trinajstić information content (AvgIpc) is 3.37. The molecule has 0 saturated heterocycles. The van der Waals surface area contributed by atoms with Gasteiger partial charge in [-0.15, -0.1) is 0 Å². The van der Waals surface area contributed by atoms with Crippen molar-refractivity contribution in [2.45, 2.75) is 51.4 Å². The lowest BCUT2D eigenvalue weighted by molar-refractivity contribution is 0.662. The molecule has 2 aliphatic rings. The fourth-order valence-electron chi connectivity index (χ4n) is 11.1. The number of benzene rings is 10. The van der Waals surface area contributed by atoms with Gasteiger partial charge in [-0.05, 0) is 193 Å². The standard InChI is InChI=1S/C62H49N/c1-4-16-42(17-5-1)44-28-33-48(34-29-44)63(49-35-30-45(31-36-49)43-18-6-2-7-19-43)50-37-39-54-53-38-32-47(40-59(53)51-22-10-11-23-52(51)60(54)41-50)62-57-26-14-12-24-55(57)61(46-20-8-3-9-21-46)56-25-13-15-27-58(56)62/h1-11,16-23,28-41H,12-15,24-27H2. The summed E-state index contributed by atoms with van der Waals surface area (Å²) in [6.07, 6.45) is 9.76. The molecule has 0 spiro atoms. The van der Waals surface area contributed by atoms with Gasteiger partial charge in [0.25, 0.3) is 0 Å². The topological polar surface area (TPSA) is 3.24 Å². The van der Waals surface area contributed by atoms with E-state index in [9.17, 15) is 0 Å². The summed E-state index contributed by atoms with van der Waals surface area (Å²) >= 11 is 0. The number of hydrogen-bond donors (Lipinski definition) is 0. The molecule has 0 unspecified atom stereocenters. The maximum absolute atomic E-state index is 2.56. The third-order valence-electron chi connectivity index (χ3n) is 14.0. The van der Waals surface area contributed by atoms with Crippen LogP contribution in [0.25, 0.3) is 76.8 Å². The molecule has 10 aromatic rings. The van der Waals surface area contributed by atoms with Gasteiger partial charge < -0.3 is 4.90 Å². The number of hydrogen-bond acceptors (Lipinski definition) is 1. The van der Waals surface area contributed by atoms with Crippen molar-refractivity contribution >= 4 is 49.4 Å². The Morgan fingerprint density at radius 1 is 0.238 bits per heavy atom. The van der Waals surface area contributed by atoms with Crippen molar-refractivity contribution in [2.75, 3.05) is 4.90 Å². The summed E-state index contributed by atoms with van der Waals surface area (Å²) < 4.78 is 0. The van der Waals surface area contributed by atoms with E-state index in [1.165, 1.54) is 104 Å². The highest BCUT2D eigenvalue weighted by Gasteiger charge is 2.28. The van der Waals surface area contributed by atoms with Crippen LogP contribution in [0.5, 0.6) is 0 Å². The van der Waals surface area contributed by atoms with Crippen molar-refractivity contribution in [1.29, 1.82) is 0 Å². The molecule has 0 radical (unpaired) electrons. The first kappa shape index (κ1) is 37.5. The largest absolute Gasteiger partial charge is 0.310 e. The van der Waals surface area contributed by atoms with Crippen molar-refractivity contribution in [1.82, 2.24) is 0 Å². The zero-order valence-corrected chi connectivity index (χ0v) is 35.7. The molecule has 0 aromatic heterocycles. The van der Waals surface area contributed by atoms with Gasteiger partial charge in [-0.2, -0.15) is 0 Å². The van der Waals surface area contributed by atoms with E-state index < -0.39 is 0 Å². The molecule has 2 aliphatic carbocycles. The molecule has 302 valence electrons. The summed E-state index contributed by atoms with van der Waals surface area (Å²) in [7, 11) is 0. The minimum Gasteiger partial charge on any atom is -0.310 e. The lowest BCUT2D eigenvalue weighted by atomic mass is 9.72. The number of nitrogens with zero attached hydrogens (tertiary/aromatic N) is 1. The summed E-state index contributed by atoms with van der Waals surface area (Å²) in [4.78, 5) is 2.41. The highest BCUT2D eigenvalue weighted by Crippen LogP contribution is 2.48. The van der Waals surface area contributed by atoms with Crippen LogP contribution in [-0.2, 0) is 25.7 Å². The molecule has 0 aliphatic heterocycles. The summed E-state index contributed by atoms with van der Waals surface area (Å²) in [5.74, 6) is 0. The Labute approximate surface area is 370 Å². The normalized spacial score (nSPS) is 13.5. The van der Waals surface area contributed by atoms with E-state index in [0.29, 0.717) is 0 Å². The van der Waals surface area contributed by atoms with E-state index in [1.807, 2.05) is 0 Å². The van der Waals surface area contributed by atoms with Crippen molar-refractivity contribution in [3.05, 3.63) is 222 Å². The van der Waals surface area contributed by atoms with E-state index in [-0.39, 0.29) is 0 Å². The maximum Gasteiger partial charge on any atom is 0.0468 e. The summed E-state index contributed by atoms with van der Waals surface area (Å²) in [6.45, 7) is 0. The van der Waals surface area contributed by atoms with E-state index in [1.54, 1.807) is 33.4 Å². The van der Waals surface area contributed by atoms with Crippen LogP contribution in [0.3, 0.4) is 0 Å². The molecule has 0 atom stereocenters. The quantitative estimate of drug-likeness (QED) is 0.145. The molecule has 0 N–H and O–H groups in total. The van der Waals surface area contributed by atoms with Crippen LogP contribution in [0.15, 0.2) is 200 Å². The average molecular weight is 808 g/mol. The zero-order valence-electron chi connectivity index (χ0n) is 35.7. The van der Waals surface area contributed by atoms with Crippen LogP contribution in [0, 0.1) is 0 Å². The predicted molar refractivity (Wildman–Crippen MR) is 269 cm³/mol. The van der Waals surface area contributed by atoms with Crippen LogP contribution in [0.1, 0.15) is 47.9 Å². The SMILES string of the molecule is c1ccc(-c2ccc(N(c3ccc(-c4ccccc4)cc3)c3ccc4c5ccc(-c6c7c(c(-c8ccccc8)c8c6CCCC8)CCCC7)cc5c5ccccc5c4c3)cc2)cc1. The van der Waals surface area contributed by atoms with Crippen LogP contribution >= 0.6 is 0 Å². The van der Waals surface area contributed by atoms with Gasteiger partial charge in [0.2, 0.25) is 0 Å². The van der Waals surface area contributed by atoms with Crippen molar-refractivity contribution in [3.8, 4) is 44.5 Å². The first-order valence-corrected chi connectivity index (χ1v) is 23.0. The minimum absolute atomic E-state index is 1.13. The molecule has 63 heavy (non-hydrogen) atoms. The smallest absolute Gasteiger partial charge is 0.0468 e. The maximum atomic E-state index is 2.56. The highest BCUT2D eigenvalue weighted by molar-refractivity contribution is 6.26. The van der Waals surface area contributed by atoms with Gasteiger partial charge in [0.1, 0.15) is 0 Å². The van der Waals surface area contributed by atoms with Gasteiger partial charge in [-0.1, -0.05) is 158 Å². The van der Waals surface area contributed by atoms with E-state index in [4.69, 9.17) is 0 Å². The Kier molecular flexibility index (Phi) is 9.48. The van der Waals surface area contributed by atoms with Crippen LogP contribution in [0.4, 0.5) is 17.1 Å². The fourth-order valence-corrected chi connectivity index (χ4v) is 11.1. The minimum atomic E-state index is 1.13. The Morgan fingerprint density at radius 2 is 0.571 bits per heavy atom. The summed E-state index contributed by atoms with van der Waals surface area (Å²) in [5, 5.41) is 7.83. The van der Waals surface area contributed by atoms with Crippen molar-refractivity contribution in [3.63, 3.8) is 0 Å². The third-order valence-corrected chi connectivity index (χ3v) is 14.0. The molecule has 0 bridgehead atoms. The monoisotopic (exact) mass is 807 g/mol. The second kappa shape index (κ2) is 15.9.